The van der Waals surface area contributed by atoms with E-state index in [9.17, 15) is 9.90 Å². The van der Waals surface area contributed by atoms with Crippen molar-refractivity contribution in [2.24, 2.45) is 11.3 Å². The number of nitrogens with zero attached hydrogens (tertiary/aromatic N) is 1. The van der Waals surface area contributed by atoms with Gasteiger partial charge in [0.15, 0.2) is 0 Å². The molecule has 1 atom stereocenters. The monoisotopic (exact) mass is 329 g/mol. The zero-order chi connectivity index (χ0) is 17.5. The Morgan fingerprint density at radius 3 is 2.75 bits per heavy atom. The largest absolute Gasteiger partial charge is 0.465 e. The number of aliphatic hydroxyl groups is 1. The molecule has 0 fully saturated rings. The smallest absolute Gasteiger partial charge is 0.337 e. The van der Waals surface area contributed by atoms with Crippen LogP contribution in [0.4, 0.5) is 0 Å². The third-order valence-electron chi connectivity index (χ3n) is 5.44. The number of esters is 1. The zero-order valence-corrected chi connectivity index (χ0v) is 15.1. The molecule has 1 aliphatic carbocycles. The number of hydrogen-bond acceptors (Lipinski definition) is 3. The number of aromatic nitrogens is 1. The minimum absolute atomic E-state index is 0.123. The molecule has 4 nitrogen and oxygen atoms in total. The Kier molecular flexibility index (Phi) is 4.43. The summed E-state index contributed by atoms with van der Waals surface area (Å²) >= 11 is 0. The SMILES string of the molecule is COC(=O)c1ccc2c(c1)c1c(n2CCO)CCC(C(C)(C)C)C1. The van der Waals surface area contributed by atoms with Gasteiger partial charge < -0.3 is 14.4 Å². The highest BCUT2D eigenvalue weighted by Crippen LogP contribution is 2.41. The van der Waals surface area contributed by atoms with E-state index in [0.717, 1.165) is 23.7 Å². The van der Waals surface area contributed by atoms with Crippen LogP contribution in [0.1, 0.15) is 48.8 Å². The highest BCUT2D eigenvalue weighted by Gasteiger charge is 2.32. The second-order valence-corrected chi connectivity index (χ2v) is 7.83. The number of aliphatic hydroxyl groups excluding tert-OH is 1. The second kappa shape index (κ2) is 6.25. The standard InChI is InChI=1S/C20H27NO3/c1-20(2,3)14-6-8-18-16(12-14)15-11-13(19(23)24-4)5-7-17(15)21(18)9-10-22/h5,7,11,14,22H,6,8-10,12H2,1-4H3. The fourth-order valence-corrected chi connectivity index (χ4v) is 3.99. The predicted octanol–water partition coefficient (Wildman–Crippen LogP) is 3.57. The predicted molar refractivity (Wildman–Crippen MR) is 95.3 cm³/mol. The fourth-order valence-electron chi connectivity index (χ4n) is 3.99. The highest BCUT2D eigenvalue weighted by molar-refractivity contribution is 5.96. The van der Waals surface area contributed by atoms with Crippen molar-refractivity contribution < 1.29 is 14.6 Å². The minimum atomic E-state index is -0.302. The molecular weight excluding hydrogens is 302 g/mol. The molecule has 3 rings (SSSR count). The molecule has 0 saturated carbocycles. The quantitative estimate of drug-likeness (QED) is 0.876. The van der Waals surface area contributed by atoms with E-state index in [4.69, 9.17) is 4.74 Å². The normalized spacial score (nSPS) is 17.8. The van der Waals surface area contributed by atoms with Crippen LogP contribution in [0.25, 0.3) is 10.9 Å². The molecule has 1 aliphatic rings. The van der Waals surface area contributed by atoms with Gasteiger partial charge in [-0.3, -0.25) is 0 Å². The van der Waals surface area contributed by atoms with Crippen molar-refractivity contribution >= 4 is 16.9 Å². The molecule has 1 heterocycles. The maximum absolute atomic E-state index is 11.9. The summed E-state index contributed by atoms with van der Waals surface area (Å²) < 4.78 is 7.10. The van der Waals surface area contributed by atoms with Crippen LogP contribution < -0.4 is 0 Å². The van der Waals surface area contributed by atoms with Crippen molar-refractivity contribution in [1.29, 1.82) is 0 Å². The van der Waals surface area contributed by atoms with E-state index in [1.165, 1.54) is 24.8 Å². The summed E-state index contributed by atoms with van der Waals surface area (Å²) in [5.41, 5.74) is 4.63. The van der Waals surface area contributed by atoms with Gasteiger partial charge in [0.1, 0.15) is 0 Å². The van der Waals surface area contributed by atoms with Crippen molar-refractivity contribution in [3.8, 4) is 0 Å². The lowest BCUT2D eigenvalue weighted by Gasteiger charge is -2.34. The average molecular weight is 329 g/mol. The lowest BCUT2D eigenvalue weighted by molar-refractivity contribution is 0.0601. The van der Waals surface area contributed by atoms with Gasteiger partial charge in [0, 0.05) is 23.1 Å². The van der Waals surface area contributed by atoms with Crippen LogP contribution in [0.5, 0.6) is 0 Å². The molecule has 1 aromatic carbocycles. The Morgan fingerprint density at radius 2 is 2.12 bits per heavy atom. The molecule has 0 spiro atoms. The first-order valence-corrected chi connectivity index (χ1v) is 8.70. The lowest BCUT2D eigenvalue weighted by Crippen LogP contribution is -2.27. The van der Waals surface area contributed by atoms with Crippen molar-refractivity contribution in [3.63, 3.8) is 0 Å². The number of fused-ring (bicyclic) bond motifs is 3. The molecule has 130 valence electrons. The first-order chi connectivity index (χ1) is 11.4. The van der Waals surface area contributed by atoms with Gasteiger partial charge in [0.25, 0.3) is 0 Å². The van der Waals surface area contributed by atoms with Crippen LogP contribution in [-0.2, 0) is 24.1 Å². The molecule has 0 aliphatic heterocycles. The highest BCUT2D eigenvalue weighted by atomic mass is 16.5. The summed E-state index contributed by atoms with van der Waals surface area (Å²) in [7, 11) is 1.41. The topological polar surface area (TPSA) is 51.5 Å². The summed E-state index contributed by atoms with van der Waals surface area (Å²) in [5.74, 6) is 0.323. The molecule has 0 bridgehead atoms. The van der Waals surface area contributed by atoms with Gasteiger partial charge in [0.05, 0.1) is 19.3 Å². The van der Waals surface area contributed by atoms with E-state index in [1.807, 2.05) is 18.2 Å². The van der Waals surface area contributed by atoms with Gasteiger partial charge in [-0.2, -0.15) is 0 Å². The van der Waals surface area contributed by atoms with Crippen LogP contribution >= 0.6 is 0 Å². The minimum Gasteiger partial charge on any atom is -0.465 e. The Hall–Kier alpha value is -1.81. The number of ether oxygens (including phenoxy) is 1. The molecule has 2 aromatic rings. The number of methoxy groups -OCH3 is 1. The molecule has 1 unspecified atom stereocenters. The average Bonchev–Trinajstić information content (AvgIpc) is 2.87. The van der Waals surface area contributed by atoms with Gasteiger partial charge >= 0.3 is 5.97 Å². The van der Waals surface area contributed by atoms with Crippen molar-refractivity contribution in [2.45, 2.75) is 46.6 Å². The number of carbonyl (C=O) groups excluding carboxylic acids is 1. The van der Waals surface area contributed by atoms with E-state index in [1.54, 1.807) is 0 Å². The molecule has 0 saturated heterocycles. The molecule has 0 amide bonds. The van der Waals surface area contributed by atoms with Crippen LogP contribution in [0, 0.1) is 11.3 Å². The van der Waals surface area contributed by atoms with E-state index in [2.05, 4.69) is 25.3 Å². The Morgan fingerprint density at radius 1 is 1.38 bits per heavy atom. The van der Waals surface area contributed by atoms with Gasteiger partial charge in [-0.1, -0.05) is 20.8 Å². The third kappa shape index (κ3) is 2.84. The van der Waals surface area contributed by atoms with E-state index >= 15 is 0 Å². The first-order valence-electron chi connectivity index (χ1n) is 8.70. The summed E-state index contributed by atoms with van der Waals surface area (Å²) in [6.45, 7) is 7.63. The molecular formula is C20H27NO3. The summed E-state index contributed by atoms with van der Waals surface area (Å²) in [6.07, 6.45) is 3.22. The van der Waals surface area contributed by atoms with E-state index in [-0.39, 0.29) is 18.0 Å². The molecule has 1 N–H and O–H groups in total. The third-order valence-corrected chi connectivity index (χ3v) is 5.44. The Balaban J connectivity index is 2.16. The van der Waals surface area contributed by atoms with Crippen molar-refractivity contribution in [3.05, 3.63) is 35.0 Å². The molecule has 0 radical (unpaired) electrons. The molecule has 4 heteroatoms. The molecule has 1 aromatic heterocycles. The zero-order valence-electron chi connectivity index (χ0n) is 15.1. The van der Waals surface area contributed by atoms with Gasteiger partial charge in [-0.15, -0.1) is 0 Å². The van der Waals surface area contributed by atoms with Gasteiger partial charge in [-0.05, 0) is 54.4 Å². The summed E-state index contributed by atoms with van der Waals surface area (Å²) in [4.78, 5) is 11.9. The number of hydrogen-bond donors (Lipinski definition) is 1. The van der Waals surface area contributed by atoms with Crippen LogP contribution in [0.15, 0.2) is 18.2 Å². The van der Waals surface area contributed by atoms with Gasteiger partial charge in [0.2, 0.25) is 0 Å². The summed E-state index contributed by atoms with van der Waals surface area (Å²) in [6, 6.07) is 5.76. The maximum atomic E-state index is 11.9. The van der Waals surface area contributed by atoms with Crippen molar-refractivity contribution in [2.75, 3.05) is 13.7 Å². The van der Waals surface area contributed by atoms with Crippen LogP contribution in [0.2, 0.25) is 0 Å². The first kappa shape index (κ1) is 17.0. The Labute approximate surface area is 143 Å². The maximum Gasteiger partial charge on any atom is 0.337 e. The fraction of sp³-hybridized carbons (Fsp3) is 0.550. The second-order valence-electron chi connectivity index (χ2n) is 7.83. The van der Waals surface area contributed by atoms with Crippen molar-refractivity contribution in [1.82, 2.24) is 4.57 Å². The number of rotatable bonds is 3. The molecule has 24 heavy (non-hydrogen) atoms. The lowest BCUT2D eigenvalue weighted by atomic mass is 9.71. The van der Waals surface area contributed by atoms with E-state index in [0.29, 0.717) is 18.0 Å². The number of carbonyl (C=O) groups is 1. The number of benzene rings is 1. The Bertz CT molecular complexity index is 767. The van der Waals surface area contributed by atoms with E-state index < -0.39 is 0 Å². The van der Waals surface area contributed by atoms with Gasteiger partial charge in [-0.25, -0.2) is 4.79 Å². The van der Waals surface area contributed by atoms with Crippen LogP contribution in [-0.4, -0.2) is 29.4 Å². The summed E-state index contributed by atoms with van der Waals surface area (Å²) in [5, 5.41) is 10.6. The van der Waals surface area contributed by atoms with Crippen LogP contribution in [0.3, 0.4) is 0 Å².